The minimum atomic E-state index is 0.0445. The van der Waals surface area contributed by atoms with E-state index in [1.54, 1.807) is 11.3 Å². The molecule has 1 saturated carbocycles. The SMILES string of the molecule is CCCCCCCCC(=O)N(CC(=O)N(Cc1ccccc1)Cc1ccc(C)s1)C1CC1. The maximum atomic E-state index is 13.4. The van der Waals surface area contributed by atoms with Gasteiger partial charge in [-0.05, 0) is 43.9 Å². The average Bonchev–Trinajstić information content (AvgIpc) is 3.55. The lowest BCUT2D eigenvalue weighted by Crippen LogP contribution is -2.43. The molecule has 0 aliphatic heterocycles. The number of carbonyl (C=O) groups excluding carboxylic acids is 2. The largest absolute Gasteiger partial charge is 0.332 e. The van der Waals surface area contributed by atoms with Crippen molar-refractivity contribution in [1.82, 2.24) is 9.80 Å². The number of hydrogen-bond donors (Lipinski definition) is 0. The molecule has 4 nitrogen and oxygen atoms in total. The first-order valence-electron chi connectivity index (χ1n) is 12.2. The Morgan fingerprint density at radius 3 is 2.28 bits per heavy atom. The van der Waals surface area contributed by atoms with E-state index in [0.29, 0.717) is 19.5 Å². The topological polar surface area (TPSA) is 40.6 Å². The van der Waals surface area contributed by atoms with Gasteiger partial charge in [0.1, 0.15) is 6.54 Å². The third-order valence-corrected chi connectivity index (χ3v) is 7.05. The Bertz CT molecular complexity index is 844. The molecule has 0 unspecified atom stereocenters. The first kappa shape index (κ1) is 24.5. The first-order valence-corrected chi connectivity index (χ1v) is 13.0. The highest BCUT2D eigenvalue weighted by Gasteiger charge is 2.34. The van der Waals surface area contributed by atoms with Crippen LogP contribution in [0, 0.1) is 6.92 Å². The molecule has 1 heterocycles. The van der Waals surface area contributed by atoms with E-state index in [2.05, 4.69) is 38.1 Å². The highest BCUT2D eigenvalue weighted by Crippen LogP contribution is 2.28. The predicted octanol–water partition coefficient (Wildman–Crippen LogP) is 6.33. The van der Waals surface area contributed by atoms with Gasteiger partial charge >= 0.3 is 0 Å². The maximum Gasteiger partial charge on any atom is 0.242 e. The molecule has 2 aromatic rings. The smallest absolute Gasteiger partial charge is 0.242 e. The van der Waals surface area contributed by atoms with E-state index in [0.717, 1.165) is 31.2 Å². The number of aryl methyl sites for hydroxylation is 1. The van der Waals surface area contributed by atoms with E-state index in [1.807, 2.05) is 28.0 Å². The van der Waals surface area contributed by atoms with Crippen LogP contribution in [0.5, 0.6) is 0 Å². The van der Waals surface area contributed by atoms with Gasteiger partial charge in [0, 0.05) is 28.8 Å². The summed E-state index contributed by atoms with van der Waals surface area (Å²) in [6, 6.07) is 14.6. The van der Waals surface area contributed by atoms with E-state index >= 15 is 0 Å². The van der Waals surface area contributed by atoms with Gasteiger partial charge in [0.25, 0.3) is 0 Å². The number of hydrogen-bond acceptors (Lipinski definition) is 3. The van der Waals surface area contributed by atoms with E-state index in [4.69, 9.17) is 0 Å². The Kier molecular flexibility index (Phi) is 9.79. The van der Waals surface area contributed by atoms with Crippen LogP contribution in [0.15, 0.2) is 42.5 Å². The molecule has 1 fully saturated rings. The molecule has 0 N–H and O–H groups in total. The molecule has 32 heavy (non-hydrogen) atoms. The molecule has 5 heteroatoms. The van der Waals surface area contributed by atoms with Crippen molar-refractivity contribution in [2.24, 2.45) is 0 Å². The molecule has 174 valence electrons. The molecule has 0 bridgehead atoms. The average molecular weight is 455 g/mol. The van der Waals surface area contributed by atoms with Crippen LogP contribution in [0.1, 0.15) is 80.0 Å². The second-order valence-corrected chi connectivity index (χ2v) is 10.4. The van der Waals surface area contributed by atoms with Crippen LogP contribution in [0.25, 0.3) is 0 Å². The number of benzene rings is 1. The van der Waals surface area contributed by atoms with Gasteiger partial charge in [0.15, 0.2) is 0 Å². The molecule has 2 amide bonds. The van der Waals surface area contributed by atoms with Gasteiger partial charge in [0.2, 0.25) is 11.8 Å². The Morgan fingerprint density at radius 1 is 0.906 bits per heavy atom. The first-order chi connectivity index (χ1) is 15.6. The van der Waals surface area contributed by atoms with Gasteiger partial charge in [0.05, 0.1) is 6.54 Å². The zero-order valence-corrected chi connectivity index (χ0v) is 20.5. The molecule has 0 atom stereocenters. The van der Waals surface area contributed by atoms with Crippen LogP contribution in [0.2, 0.25) is 0 Å². The van der Waals surface area contributed by atoms with Crippen LogP contribution in [0.4, 0.5) is 0 Å². The summed E-state index contributed by atoms with van der Waals surface area (Å²) in [5.41, 5.74) is 1.12. The van der Waals surface area contributed by atoms with Crippen LogP contribution < -0.4 is 0 Å². The quantitative estimate of drug-likeness (QED) is 0.313. The molecule has 1 aliphatic rings. The summed E-state index contributed by atoms with van der Waals surface area (Å²) in [4.78, 5) is 32.6. The number of amides is 2. The minimum absolute atomic E-state index is 0.0445. The summed E-state index contributed by atoms with van der Waals surface area (Å²) in [6.07, 6.45) is 9.63. The standard InChI is InChI=1S/C27H38N2O2S/c1-3-4-5-6-7-11-14-26(30)29(24-16-17-24)21-27(31)28(19-23-12-9-8-10-13-23)20-25-18-15-22(2)32-25/h8-10,12-13,15,18,24H,3-7,11,14,16-17,19-21H2,1-2H3. The van der Waals surface area contributed by atoms with Gasteiger partial charge in [-0.1, -0.05) is 69.4 Å². The van der Waals surface area contributed by atoms with Crippen molar-refractivity contribution in [2.75, 3.05) is 6.54 Å². The molecular weight excluding hydrogens is 416 g/mol. The van der Waals surface area contributed by atoms with Gasteiger partial charge < -0.3 is 9.80 Å². The number of rotatable bonds is 14. The minimum Gasteiger partial charge on any atom is -0.332 e. The van der Waals surface area contributed by atoms with E-state index in [9.17, 15) is 9.59 Å². The zero-order chi connectivity index (χ0) is 22.8. The zero-order valence-electron chi connectivity index (χ0n) is 19.7. The molecular formula is C27H38N2O2S. The van der Waals surface area contributed by atoms with Crippen molar-refractivity contribution < 1.29 is 9.59 Å². The Morgan fingerprint density at radius 2 is 1.62 bits per heavy atom. The number of nitrogens with zero attached hydrogens (tertiary/aromatic N) is 2. The summed E-state index contributed by atoms with van der Waals surface area (Å²) in [5.74, 6) is 0.200. The van der Waals surface area contributed by atoms with Gasteiger partial charge in [-0.25, -0.2) is 0 Å². The lowest BCUT2D eigenvalue weighted by atomic mass is 10.1. The van der Waals surface area contributed by atoms with Gasteiger partial charge in [-0.15, -0.1) is 11.3 Å². The predicted molar refractivity (Wildman–Crippen MR) is 132 cm³/mol. The highest BCUT2D eigenvalue weighted by atomic mass is 32.1. The van der Waals surface area contributed by atoms with Gasteiger partial charge in [-0.3, -0.25) is 9.59 Å². The summed E-state index contributed by atoms with van der Waals surface area (Å²) < 4.78 is 0. The monoisotopic (exact) mass is 454 g/mol. The fourth-order valence-electron chi connectivity index (χ4n) is 4.05. The van der Waals surface area contributed by atoms with Crippen molar-refractivity contribution in [2.45, 2.75) is 90.8 Å². The summed E-state index contributed by atoms with van der Waals surface area (Å²) >= 11 is 1.73. The van der Waals surface area contributed by atoms with Crippen molar-refractivity contribution in [1.29, 1.82) is 0 Å². The summed E-state index contributed by atoms with van der Waals surface area (Å²) in [6.45, 7) is 5.68. The van der Waals surface area contributed by atoms with Crippen LogP contribution in [0.3, 0.4) is 0 Å². The van der Waals surface area contributed by atoms with E-state index in [1.165, 1.54) is 35.4 Å². The molecule has 1 aromatic heterocycles. The fraction of sp³-hybridized carbons (Fsp3) is 0.556. The third kappa shape index (κ3) is 8.09. The van der Waals surface area contributed by atoms with Crippen molar-refractivity contribution >= 4 is 23.2 Å². The van der Waals surface area contributed by atoms with Crippen LogP contribution in [-0.2, 0) is 22.7 Å². The van der Waals surface area contributed by atoms with Crippen molar-refractivity contribution in [3.63, 3.8) is 0 Å². The molecule has 0 spiro atoms. The second-order valence-electron chi connectivity index (χ2n) is 9.02. The fourth-order valence-corrected chi connectivity index (χ4v) is 4.95. The summed E-state index contributed by atoms with van der Waals surface area (Å²) in [7, 11) is 0. The number of unbranched alkanes of at least 4 members (excludes halogenated alkanes) is 5. The molecule has 0 radical (unpaired) electrons. The lowest BCUT2D eigenvalue weighted by Gasteiger charge is -2.28. The molecule has 1 aromatic carbocycles. The van der Waals surface area contributed by atoms with E-state index in [-0.39, 0.29) is 24.4 Å². The van der Waals surface area contributed by atoms with E-state index < -0.39 is 0 Å². The Balaban J connectivity index is 1.59. The molecule has 0 saturated heterocycles. The Labute approximate surface area is 197 Å². The Hall–Kier alpha value is -2.14. The number of thiophene rings is 1. The van der Waals surface area contributed by atoms with Gasteiger partial charge in [-0.2, -0.15) is 0 Å². The maximum absolute atomic E-state index is 13.4. The number of carbonyl (C=O) groups is 2. The van der Waals surface area contributed by atoms with Crippen LogP contribution in [-0.4, -0.2) is 34.2 Å². The second kappa shape index (κ2) is 12.8. The molecule has 3 rings (SSSR count). The third-order valence-electron chi connectivity index (χ3n) is 6.07. The molecule has 1 aliphatic carbocycles. The van der Waals surface area contributed by atoms with Crippen molar-refractivity contribution in [3.8, 4) is 0 Å². The van der Waals surface area contributed by atoms with Crippen molar-refractivity contribution in [3.05, 3.63) is 57.8 Å². The highest BCUT2D eigenvalue weighted by molar-refractivity contribution is 7.11. The van der Waals surface area contributed by atoms with Crippen LogP contribution >= 0.6 is 11.3 Å². The summed E-state index contributed by atoms with van der Waals surface area (Å²) in [5, 5.41) is 0. The lowest BCUT2D eigenvalue weighted by molar-refractivity contribution is -0.141. The normalized spacial score (nSPS) is 13.2.